The van der Waals surface area contributed by atoms with Gasteiger partial charge in [-0.25, -0.2) is 9.97 Å². The van der Waals surface area contributed by atoms with E-state index in [-0.39, 0.29) is 11.6 Å². The van der Waals surface area contributed by atoms with E-state index < -0.39 is 0 Å². The number of anilines is 3. The van der Waals surface area contributed by atoms with E-state index in [2.05, 4.69) is 45.1 Å². The van der Waals surface area contributed by atoms with Crippen LogP contribution in [0.1, 0.15) is 76.5 Å². The lowest BCUT2D eigenvalue weighted by Crippen LogP contribution is -2.43. The maximum Gasteiger partial charge on any atom is 0.263 e. The van der Waals surface area contributed by atoms with Crippen LogP contribution in [0.4, 0.5) is 17.5 Å². The number of piperazine rings is 1. The largest absolute Gasteiger partial charge is 0.493 e. The molecule has 9 nitrogen and oxygen atoms in total. The Morgan fingerprint density at radius 3 is 2.56 bits per heavy atom. The van der Waals surface area contributed by atoms with Crippen LogP contribution in [-0.2, 0) is 4.74 Å². The van der Waals surface area contributed by atoms with Crippen LogP contribution in [0.25, 0.3) is 16.8 Å². The first-order valence-electron chi connectivity index (χ1n) is 14.5. The van der Waals surface area contributed by atoms with Gasteiger partial charge in [0.2, 0.25) is 5.95 Å². The SMILES string of the molecule is C=C(OCCCC)c1c(C)c2cnc(Nc3ccc(N4CCNCC4)cn3)nc2n(C2CCCC2)c1=O.CC. The number of nitrogens with zero attached hydrogens (tertiary/aromatic N) is 5. The maximum absolute atomic E-state index is 13.8. The number of rotatable bonds is 9. The van der Waals surface area contributed by atoms with Crippen molar-refractivity contribution in [1.82, 2.24) is 24.8 Å². The van der Waals surface area contributed by atoms with Crippen molar-refractivity contribution in [2.75, 3.05) is 43.0 Å². The molecule has 0 unspecified atom stereocenters. The van der Waals surface area contributed by atoms with E-state index >= 15 is 0 Å². The third-order valence-electron chi connectivity index (χ3n) is 7.42. The van der Waals surface area contributed by atoms with Crippen molar-refractivity contribution in [2.24, 2.45) is 0 Å². The Labute approximate surface area is 231 Å². The highest BCUT2D eigenvalue weighted by Gasteiger charge is 2.26. The van der Waals surface area contributed by atoms with Crippen LogP contribution in [0.15, 0.2) is 35.9 Å². The molecule has 5 rings (SSSR count). The van der Waals surface area contributed by atoms with Crippen molar-refractivity contribution >= 4 is 34.2 Å². The van der Waals surface area contributed by atoms with Gasteiger partial charge in [-0.1, -0.05) is 46.6 Å². The van der Waals surface area contributed by atoms with Crippen molar-refractivity contribution in [2.45, 2.75) is 72.3 Å². The summed E-state index contributed by atoms with van der Waals surface area (Å²) in [6.45, 7) is 16.6. The summed E-state index contributed by atoms with van der Waals surface area (Å²) in [5, 5.41) is 7.44. The topological polar surface area (TPSA) is 97.2 Å². The molecule has 3 aromatic rings. The van der Waals surface area contributed by atoms with Crippen molar-refractivity contribution in [3.63, 3.8) is 0 Å². The molecule has 2 aliphatic rings. The number of hydrogen-bond donors (Lipinski definition) is 2. The first-order valence-corrected chi connectivity index (χ1v) is 14.5. The van der Waals surface area contributed by atoms with E-state index in [1.54, 1.807) is 6.20 Å². The van der Waals surface area contributed by atoms with Crippen LogP contribution in [0.3, 0.4) is 0 Å². The van der Waals surface area contributed by atoms with Gasteiger partial charge in [0, 0.05) is 43.8 Å². The highest BCUT2D eigenvalue weighted by atomic mass is 16.5. The van der Waals surface area contributed by atoms with E-state index in [1.165, 1.54) is 0 Å². The summed E-state index contributed by atoms with van der Waals surface area (Å²) in [5.74, 6) is 1.52. The third-order valence-corrected chi connectivity index (χ3v) is 7.42. The molecule has 0 aromatic carbocycles. The minimum Gasteiger partial charge on any atom is -0.493 e. The molecular weight excluding hydrogens is 490 g/mol. The molecule has 2 fully saturated rings. The number of nitrogens with one attached hydrogen (secondary N) is 2. The van der Waals surface area contributed by atoms with Gasteiger partial charge in [0.1, 0.15) is 17.2 Å². The molecule has 1 aliphatic carbocycles. The van der Waals surface area contributed by atoms with Gasteiger partial charge in [0.05, 0.1) is 24.1 Å². The fourth-order valence-electron chi connectivity index (χ4n) is 5.32. The first-order chi connectivity index (χ1) is 19.1. The molecule has 0 bridgehead atoms. The smallest absolute Gasteiger partial charge is 0.263 e. The second-order valence-corrected chi connectivity index (χ2v) is 9.93. The average Bonchev–Trinajstić information content (AvgIpc) is 3.50. The molecule has 3 aromatic heterocycles. The van der Waals surface area contributed by atoms with E-state index in [4.69, 9.17) is 9.72 Å². The number of ether oxygens (including phenoxy) is 1. The molecule has 1 saturated heterocycles. The van der Waals surface area contributed by atoms with Crippen LogP contribution in [0.5, 0.6) is 0 Å². The molecule has 9 heteroatoms. The second-order valence-electron chi connectivity index (χ2n) is 9.93. The predicted molar refractivity (Wildman–Crippen MR) is 160 cm³/mol. The van der Waals surface area contributed by atoms with Crippen molar-refractivity contribution < 1.29 is 4.74 Å². The first kappa shape index (κ1) is 28.5. The lowest BCUT2D eigenvalue weighted by Gasteiger charge is -2.29. The second kappa shape index (κ2) is 13.6. The van der Waals surface area contributed by atoms with Crippen LogP contribution >= 0.6 is 0 Å². The highest BCUT2D eigenvalue weighted by Crippen LogP contribution is 2.33. The van der Waals surface area contributed by atoms with E-state index in [9.17, 15) is 4.79 Å². The third kappa shape index (κ3) is 6.41. The summed E-state index contributed by atoms with van der Waals surface area (Å²) in [5.41, 5.74) is 3.01. The zero-order valence-electron chi connectivity index (χ0n) is 23.9. The van der Waals surface area contributed by atoms with Crippen molar-refractivity contribution in [3.05, 3.63) is 52.6 Å². The molecular formula is C30H43N7O2. The summed E-state index contributed by atoms with van der Waals surface area (Å²) in [6, 6.07) is 4.12. The van der Waals surface area contributed by atoms with Crippen molar-refractivity contribution in [1.29, 1.82) is 0 Å². The number of unbranched alkanes of at least 4 members (excludes halogenated alkanes) is 1. The number of fused-ring (bicyclic) bond motifs is 1. The number of aromatic nitrogens is 4. The molecule has 1 saturated carbocycles. The van der Waals surface area contributed by atoms with Gasteiger partial charge in [0.15, 0.2) is 0 Å². The van der Waals surface area contributed by atoms with E-state index in [0.29, 0.717) is 35.3 Å². The Morgan fingerprint density at radius 1 is 1.15 bits per heavy atom. The fourth-order valence-corrected chi connectivity index (χ4v) is 5.32. The van der Waals surface area contributed by atoms with Gasteiger partial charge in [-0.3, -0.25) is 9.36 Å². The van der Waals surface area contributed by atoms with Crippen molar-refractivity contribution in [3.8, 4) is 0 Å². The Bertz CT molecular complexity index is 1310. The van der Waals surface area contributed by atoms with E-state index in [1.807, 2.05) is 37.6 Å². The standard InChI is InChI=1S/C28H37N7O2.C2H6/c1-4-5-16-37-20(3)25-19(2)23-18-31-28(33-26(23)35(27(25)36)21-8-6-7-9-21)32-24-11-10-22(17-30-24)34-14-12-29-13-15-34;1-2/h10-11,17-18,21,29H,3-9,12-16H2,1-2H3,(H,30,31,32,33);1-2H3. The monoisotopic (exact) mass is 533 g/mol. The lowest BCUT2D eigenvalue weighted by atomic mass is 10.0. The predicted octanol–water partition coefficient (Wildman–Crippen LogP) is 5.58. The van der Waals surface area contributed by atoms with Gasteiger partial charge in [-0.2, -0.15) is 4.98 Å². The van der Waals surface area contributed by atoms with Crippen LogP contribution < -0.4 is 21.1 Å². The van der Waals surface area contributed by atoms with Gasteiger partial charge in [-0.15, -0.1) is 0 Å². The number of hydrogen-bond acceptors (Lipinski definition) is 8. The molecule has 2 N–H and O–H groups in total. The molecule has 0 spiro atoms. The molecule has 0 amide bonds. The van der Waals surface area contributed by atoms with Crippen LogP contribution in [0, 0.1) is 6.92 Å². The minimum atomic E-state index is -0.0819. The zero-order valence-corrected chi connectivity index (χ0v) is 23.9. The molecule has 0 radical (unpaired) electrons. The molecule has 39 heavy (non-hydrogen) atoms. The van der Waals surface area contributed by atoms with Gasteiger partial charge in [0.25, 0.3) is 5.56 Å². The summed E-state index contributed by atoms with van der Waals surface area (Å²) in [6.07, 6.45) is 9.75. The Hall–Kier alpha value is -3.46. The Balaban J connectivity index is 0.00000172. The fraction of sp³-hybridized carbons (Fsp3) is 0.533. The molecule has 210 valence electrons. The molecule has 0 atom stereocenters. The zero-order chi connectivity index (χ0) is 27.8. The number of pyridine rings is 2. The summed E-state index contributed by atoms with van der Waals surface area (Å²) >= 11 is 0. The maximum atomic E-state index is 13.8. The van der Waals surface area contributed by atoms with Crippen LogP contribution in [0.2, 0.25) is 0 Å². The summed E-state index contributed by atoms with van der Waals surface area (Å²) in [7, 11) is 0. The quantitative estimate of drug-likeness (QED) is 0.272. The average molecular weight is 534 g/mol. The van der Waals surface area contributed by atoms with Gasteiger partial charge in [-0.05, 0) is 43.9 Å². The highest BCUT2D eigenvalue weighted by molar-refractivity contribution is 5.84. The number of aryl methyl sites for hydroxylation is 1. The summed E-state index contributed by atoms with van der Waals surface area (Å²) in [4.78, 5) is 30.2. The summed E-state index contributed by atoms with van der Waals surface area (Å²) < 4.78 is 7.73. The molecule has 1 aliphatic heterocycles. The van der Waals surface area contributed by atoms with E-state index in [0.717, 1.165) is 81.3 Å². The Kier molecular flexibility index (Phi) is 9.92. The normalized spacial score (nSPS) is 15.6. The minimum absolute atomic E-state index is 0.0819. The lowest BCUT2D eigenvalue weighted by molar-refractivity contribution is 0.270. The van der Waals surface area contributed by atoms with Gasteiger partial charge >= 0.3 is 0 Å². The Morgan fingerprint density at radius 2 is 1.90 bits per heavy atom. The van der Waals surface area contributed by atoms with Gasteiger partial charge < -0.3 is 20.3 Å². The molecule has 4 heterocycles. The van der Waals surface area contributed by atoms with Crippen LogP contribution in [-0.4, -0.2) is 52.3 Å².